The van der Waals surface area contributed by atoms with E-state index in [0.29, 0.717) is 13.0 Å². The lowest BCUT2D eigenvalue weighted by molar-refractivity contribution is -0.137. The molecule has 1 N–H and O–H groups in total. The molecule has 4 nitrogen and oxygen atoms in total. The lowest BCUT2D eigenvalue weighted by Crippen LogP contribution is -1.99. The van der Waals surface area contributed by atoms with Crippen LogP contribution in [-0.2, 0) is 11.3 Å². The molecule has 0 bridgehead atoms. The molecule has 0 aliphatic carbocycles. The Hall–Kier alpha value is -1.97. The highest BCUT2D eigenvalue weighted by atomic mass is 16.5. The van der Waals surface area contributed by atoms with Crippen molar-refractivity contribution in [1.82, 2.24) is 4.57 Å². The SMILES string of the molecule is CCOc1ccc2c(ccn2CCCCC(=O)O)c1. The van der Waals surface area contributed by atoms with Gasteiger partial charge in [0, 0.05) is 30.1 Å². The number of carboxylic acid groups (broad SMARTS) is 1. The Morgan fingerprint density at radius 3 is 2.89 bits per heavy atom. The van der Waals surface area contributed by atoms with Gasteiger partial charge in [0.15, 0.2) is 0 Å². The Kier molecular flexibility index (Phi) is 4.44. The average molecular weight is 261 g/mol. The monoisotopic (exact) mass is 261 g/mol. The molecule has 0 spiro atoms. The number of unbranched alkanes of at least 4 members (excludes halogenated alkanes) is 1. The predicted octanol–water partition coefficient (Wildman–Crippen LogP) is 3.29. The largest absolute Gasteiger partial charge is 0.494 e. The topological polar surface area (TPSA) is 51.5 Å². The molecule has 4 heteroatoms. The summed E-state index contributed by atoms with van der Waals surface area (Å²) in [6.07, 6.45) is 3.88. The molecule has 0 atom stereocenters. The van der Waals surface area contributed by atoms with E-state index in [-0.39, 0.29) is 6.42 Å². The van der Waals surface area contributed by atoms with Crippen LogP contribution in [0.4, 0.5) is 0 Å². The maximum atomic E-state index is 10.5. The zero-order chi connectivity index (χ0) is 13.7. The molecule has 19 heavy (non-hydrogen) atoms. The Balaban J connectivity index is 2.02. The number of aryl methyl sites for hydroxylation is 1. The van der Waals surface area contributed by atoms with Gasteiger partial charge in [0.05, 0.1) is 6.61 Å². The number of fused-ring (bicyclic) bond motifs is 1. The summed E-state index contributed by atoms with van der Waals surface area (Å²) in [4.78, 5) is 10.5. The third-order valence-electron chi connectivity index (χ3n) is 3.09. The lowest BCUT2D eigenvalue weighted by Gasteiger charge is -2.06. The molecule has 0 radical (unpaired) electrons. The number of aliphatic carboxylic acids is 1. The Morgan fingerprint density at radius 1 is 1.32 bits per heavy atom. The number of aromatic nitrogens is 1. The molecule has 0 unspecified atom stereocenters. The van der Waals surface area contributed by atoms with Gasteiger partial charge in [-0.2, -0.15) is 0 Å². The standard InChI is InChI=1S/C15H19NO3/c1-2-19-13-6-7-14-12(11-13)8-10-16(14)9-4-3-5-15(17)18/h6-8,10-11H,2-5,9H2,1H3,(H,17,18). The zero-order valence-corrected chi connectivity index (χ0v) is 11.1. The maximum Gasteiger partial charge on any atom is 0.303 e. The van der Waals surface area contributed by atoms with E-state index in [1.54, 1.807) is 0 Å². The van der Waals surface area contributed by atoms with Gasteiger partial charge in [0.25, 0.3) is 0 Å². The number of rotatable bonds is 7. The molecule has 2 rings (SSSR count). The molecule has 0 amide bonds. The van der Waals surface area contributed by atoms with Crippen LogP contribution in [0.3, 0.4) is 0 Å². The van der Waals surface area contributed by atoms with Crippen LogP contribution < -0.4 is 4.74 Å². The zero-order valence-electron chi connectivity index (χ0n) is 11.1. The number of hydrogen-bond acceptors (Lipinski definition) is 2. The minimum Gasteiger partial charge on any atom is -0.494 e. The van der Waals surface area contributed by atoms with Crippen LogP contribution in [0.2, 0.25) is 0 Å². The molecule has 102 valence electrons. The Labute approximate surface area is 112 Å². The second-order valence-electron chi connectivity index (χ2n) is 4.51. The normalized spacial score (nSPS) is 10.8. The Bertz CT molecular complexity index is 560. The fourth-order valence-corrected chi connectivity index (χ4v) is 2.19. The first-order valence-electron chi connectivity index (χ1n) is 6.64. The summed E-state index contributed by atoms with van der Waals surface area (Å²) in [5.41, 5.74) is 1.17. The van der Waals surface area contributed by atoms with Gasteiger partial charge in [-0.05, 0) is 44.0 Å². The molecule has 0 fully saturated rings. The number of carbonyl (C=O) groups is 1. The molecular weight excluding hydrogens is 242 g/mol. The molecule has 0 saturated carbocycles. The summed E-state index contributed by atoms with van der Waals surface area (Å²) in [5, 5.41) is 9.76. The van der Waals surface area contributed by atoms with Crippen molar-refractivity contribution in [2.24, 2.45) is 0 Å². The van der Waals surface area contributed by atoms with E-state index in [2.05, 4.69) is 16.7 Å². The van der Waals surface area contributed by atoms with Crippen molar-refractivity contribution in [2.45, 2.75) is 32.7 Å². The van der Waals surface area contributed by atoms with Gasteiger partial charge in [-0.15, -0.1) is 0 Å². The van der Waals surface area contributed by atoms with Crippen LogP contribution in [0.1, 0.15) is 26.2 Å². The first-order valence-corrected chi connectivity index (χ1v) is 6.64. The quantitative estimate of drug-likeness (QED) is 0.778. The molecule has 1 aromatic heterocycles. The fourth-order valence-electron chi connectivity index (χ4n) is 2.19. The average Bonchev–Trinajstić information content (AvgIpc) is 2.77. The van der Waals surface area contributed by atoms with E-state index in [4.69, 9.17) is 9.84 Å². The van der Waals surface area contributed by atoms with Crippen molar-refractivity contribution in [3.8, 4) is 5.75 Å². The summed E-state index contributed by atoms with van der Waals surface area (Å²) in [6, 6.07) is 8.12. The van der Waals surface area contributed by atoms with Crippen molar-refractivity contribution in [3.63, 3.8) is 0 Å². The molecule has 1 heterocycles. The van der Waals surface area contributed by atoms with Gasteiger partial charge in [-0.25, -0.2) is 0 Å². The van der Waals surface area contributed by atoms with Crippen molar-refractivity contribution in [1.29, 1.82) is 0 Å². The minimum absolute atomic E-state index is 0.244. The summed E-state index contributed by atoms with van der Waals surface area (Å²) in [5.74, 6) is 0.164. The first kappa shape index (κ1) is 13.5. The molecule has 1 aromatic carbocycles. The molecule has 0 aliphatic heterocycles. The molecule has 0 aliphatic rings. The van der Waals surface area contributed by atoms with E-state index in [1.165, 1.54) is 5.52 Å². The first-order chi connectivity index (χ1) is 9.20. The second kappa shape index (κ2) is 6.27. The van der Waals surface area contributed by atoms with Crippen molar-refractivity contribution < 1.29 is 14.6 Å². The number of hydrogen-bond donors (Lipinski definition) is 1. The molecular formula is C15H19NO3. The van der Waals surface area contributed by atoms with Crippen LogP contribution in [-0.4, -0.2) is 22.2 Å². The van der Waals surface area contributed by atoms with Gasteiger partial charge in [-0.3, -0.25) is 4.79 Å². The lowest BCUT2D eigenvalue weighted by atomic mass is 10.2. The highest BCUT2D eigenvalue weighted by Gasteiger charge is 2.03. The number of carboxylic acids is 1. The van der Waals surface area contributed by atoms with E-state index in [1.807, 2.05) is 25.3 Å². The summed E-state index contributed by atoms with van der Waals surface area (Å²) >= 11 is 0. The van der Waals surface area contributed by atoms with E-state index < -0.39 is 5.97 Å². The van der Waals surface area contributed by atoms with E-state index >= 15 is 0 Å². The van der Waals surface area contributed by atoms with Crippen LogP contribution in [0.25, 0.3) is 10.9 Å². The molecule has 2 aromatic rings. The van der Waals surface area contributed by atoms with Crippen molar-refractivity contribution >= 4 is 16.9 Å². The van der Waals surface area contributed by atoms with Gasteiger partial charge in [0.2, 0.25) is 0 Å². The third kappa shape index (κ3) is 3.50. The van der Waals surface area contributed by atoms with Crippen LogP contribution in [0.15, 0.2) is 30.5 Å². The summed E-state index contributed by atoms with van der Waals surface area (Å²) < 4.78 is 7.63. The smallest absolute Gasteiger partial charge is 0.303 e. The second-order valence-corrected chi connectivity index (χ2v) is 4.51. The van der Waals surface area contributed by atoms with Crippen LogP contribution >= 0.6 is 0 Å². The number of nitrogens with zero attached hydrogens (tertiary/aromatic N) is 1. The van der Waals surface area contributed by atoms with Gasteiger partial charge < -0.3 is 14.4 Å². The molecule has 0 saturated heterocycles. The van der Waals surface area contributed by atoms with E-state index in [9.17, 15) is 4.79 Å². The van der Waals surface area contributed by atoms with Crippen molar-refractivity contribution in [3.05, 3.63) is 30.5 Å². The fraction of sp³-hybridized carbons (Fsp3) is 0.400. The number of benzene rings is 1. The Morgan fingerprint density at radius 2 is 2.16 bits per heavy atom. The van der Waals surface area contributed by atoms with Crippen LogP contribution in [0.5, 0.6) is 5.75 Å². The highest BCUT2D eigenvalue weighted by Crippen LogP contribution is 2.22. The van der Waals surface area contributed by atoms with E-state index in [0.717, 1.165) is 24.1 Å². The highest BCUT2D eigenvalue weighted by molar-refractivity contribution is 5.81. The van der Waals surface area contributed by atoms with Gasteiger partial charge in [-0.1, -0.05) is 0 Å². The number of ether oxygens (including phenoxy) is 1. The van der Waals surface area contributed by atoms with Gasteiger partial charge >= 0.3 is 5.97 Å². The van der Waals surface area contributed by atoms with Crippen LogP contribution in [0, 0.1) is 0 Å². The third-order valence-corrected chi connectivity index (χ3v) is 3.09. The van der Waals surface area contributed by atoms with Crippen molar-refractivity contribution in [2.75, 3.05) is 6.61 Å². The minimum atomic E-state index is -0.723. The summed E-state index contributed by atoms with van der Waals surface area (Å²) in [7, 11) is 0. The maximum absolute atomic E-state index is 10.5. The summed E-state index contributed by atoms with van der Waals surface area (Å²) in [6.45, 7) is 3.49. The predicted molar refractivity (Wildman–Crippen MR) is 74.6 cm³/mol. The van der Waals surface area contributed by atoms with Gasteiger partial charge in [0.1, 0.15) is 5.75 Å².